The maximum absolute atomic E-state index is 11.0. The summed E-state index contributed by atoms with van der Waals surface area (Å²) in [6.07, 6.45) is 2.24. The van der Waals surface area contributed by atoms with E-state index in [0.29, 0.717) is 5.75 Å². The quantitative estimate of drug-likeness (QED) is 0.722. The average Bonchev–Trinajstić information content (AvgIpc) is 2.91. The third kappa shape index (κ3) is 1.76. The molecule has 1 aromatic heterocycles. The van der Waals surface area contributed by atoms with Gasteiger partial charge < -0.3 is 16.2 Å². The Hall–Kier alpha value is -1.78. The van der Waals surface area contributed by atoms with Gasteiger partial charge in [-0.1, -0.05) is 0 Å². The smallest absolute Gasteiger partial charge is 0.271 e. The number of nitrogens with zero attached hydrogens (tertiary/aromatic N) is 1. The summed E-state index contributed by atoms with van der Waals surface area (Å²) in [6, 6.07) is 3.21. The second-order valence-electron chi connectivity index (χ2n) is 3.26. The van der Waals surface area contributed by atoms with E-state index in [4.69, 9.17) is 16.2 Å². The van der Waals surface area contributed by atoms with Crippen LogP contribution in [-0.2, 0) is 0 Å². The van der Waals surface area contributed by atoms with E-state index in [1.807, 2.05) is 0 Å². The highest BCUT2D eigenvalue weighted by Crippen LogP contribution is 2.28. The Morgan fingerprint density at radius 3 is 2.79 bits per heavy atom. The topological polar surface area (TPSA) is 91.2 Å². The van der Waals surface area contributed by atoms with Crippen LogP contribution >= 0.6 is 0 Å². The van der Waals surface area contributed by atoms with Crippen molar-refractivity contribution in [2.75, 3.05) is 5.73 Å². The molecule has 0 unspecified atom stereocenters. The molecular formula is C9H11N3O2. The minimum atomic E-state index is -0.618. The molecule has 0 atom stereocenters. The first-order valence-electron chi connectivity index (χ1n) is 4.40. The third-order valence-electron chi connectivity index (χ3n) is 1.93. The summed E-state index contributed by atoms with van der Waals surface area (Å²) in [4.78, 5) is 14.8. The highest BCUT2D eigenvalue weighted by atomic mass is 16.5. The van der Waals surface area contributed by atoms with Gasteiger partial charge in [-0.2, -0.15) is 0 Å². The predicted molar refractivity (Wildman–Crippen MR) is 50.8 cm³/mol. The van der Waals surface area contributed by atoms with Gasteiger partial charge in [-0.3, -0.25) is 4.79 Å². The number of hydrogen-bond acceptors (Lipinski definition) is 4. The molecule has 1 aromatic rings. The van der Waals surface area contributed by atoms with Crippen molar-refractivity contribution in [1.29, 1.82) is 0 Å². The molecule has 0 radical (unpaired) electrons. The molecule has 0 bridgehead atoms. The van der Waals surface area contributed by atoms with E-state index in [1.165, 1.54) is 0 Å². The molecule has 14 heavy (non-hydrogen) atoms. The van der Waals surface area contributed by atoms with E-state index in [1.54, 1.807) is 12.1 Å². The molecule has 1 fully saturated rings. The summed E-state index contributed by atoms with van der Waals surface area (Å²) in [5.74, 6) is 0.0732. The normalized spacial score (nSPS) is 15.1. The van der Waals surface area contributed by atoms with Gasteiger partial charge in [-0.25, -0.2) is 4.98 Å². The van der Waals surface area contributed by atoms with Crippen molar-refractivity contribution < 1.29 is 9.53 Å². The van der Waals surface area contributed by atoms with E-state index < -0.39 is 5.91 Å². The fraction of sp³-hybridized carbons (Fsp3) is 0.333. The van der Waals surface area contributed by atoms with Crippen molar-refractivity contribution in [3.05, 3.63) is 17.8 Å². The van der Waals surface area contributed by atoms with Gasteiger partial charge in [-0.05, 0) is 25.0 Å². The average molecular weight is 193 g/mol. The second-order valence-corrected chi connectivity index (χ2v) is 3.26. The number of pyridine rings is 1. The van der Waals surface area contributed by atoms with E-state index >= 15 is 0 Å². The van der Waals surface area contributed by atoms with Crippen LogP contribution in [0.3, 0.4) is 0 Å². The standard InChI is InChI=1S/C9H11N3O2/c10-7-4-3-6(14-5-1-2-5)8(12-7)9(11)13/h3-5H,1-2H2,(H2,10,12)(H2,11,13). The largest absolute Gasteiger partial charge is 0.488 e. The molecule has 5 heteroatoms. The first kappa shape index (κ1) is 8.80. The molecule has 1 aliphatic rings. The van der Waals surface area contributed by atoms with Gasteiger partial charge in [-0.15, -0.1) is 0 Å². The minimum Gasteiger partial charge on any atom is -0.488 e. The van der Waals surface area contributed by atoms with E-state index in [9.17, 15) is 4.79 Å². The highest BCUT2D eigenvalue weighted by Gasteiger charge is 2.25. The number of primary amides is 1. The van der Waals surface area contributed by atoms with E-state index in [-0.39, 0.29) is 17.6 Å². The lowest BCUT2D eigenvalue weighted by Crippen LogP contribution is -2.16. The van der Waals surface area contributed by atoms with Gasteiger partial charge in [0.2, 0.25) is 0 Å². The number of nitrogens with two attached hydrogens (primary N) is 2. The zero-order valence-corrected chi connectivity index (χ0v) is 7.56. The fourth-order valence-electron chi connectivity index (χ4n) is 1.10. The summed E-state index contributed by atoms with van der Waals surface area (Å²) in [5, 5.41) is 0. The van der Waals surface area contributed by atoms with Gasteiger partial charge in [0.1, 0.15) is 5.82 Å². The lowest BCUT2D eigenvalue weighted by atomic mass is 10.3. The minimum absolute atomic E-state index is 0.108. The Balaban J connectivity index is 2.31. The van der Waals surface area contributed by atoms with Crippen molar-refractivity contribution in [1.82, 2.24) is 4.98 Å². The summed E-state index contributed by atoms with van der Waals surface area (Å²) in [5.41, 5.74) is 10.7. The lowest BCUT2D eigenvalue weighted by Gasteiger charge is -2.07. The monoisotopic (exact) mass is 193 g/mol. The second kappa shape index (κ2) is 3.17. The van der Waals surface area contributed by atoms with Crippen LogP contribution in [0.5, 0.6) is 5.75 Å². The molecule has 0 aromatic carbocycles. The molecule has 74 valence electrons. The number of amides is 1. The summed E-state index contributed by atoms with van der Waals surface area (Å²) in [7, 11) is 0. The Kier molecular flexibility index (Phi) is 1.99. The Morgan fingerprint density at radius 1 is 1.50 bits per heavy atom. The van der Waals surface area contributed by atoms with Crippen molar-refractivity contribution in [2.24, 2.45) is 5.73 Å². The van der Waals surface area contributed by atoms with Crippen LogP contribution in [0, 0.1) is 0 Å². The van der Waals surface area contributed by atoms with Gasteiger partial charge in [0.05, 0.1) is 6.10 Å². The number of nitrogen functional groups attached to an aromatic ring is 1. The van der Waals surface area contributed by atoms with Crippen LogP contribution in [0.4, 0.5) is 5.82 Å². The highest BCUT2D eigenvalue weighted by molar-refractivity contribution is 5.93. The first-order chi connectivity index (χ1) is 6.66. The molecule has 1 amide bonds. The maximum atomic E-state index is 11.0. The van der Waals surface area contributed by atoms with E-state index in [0.717, 1.165) is 12.8 Å². The molecule has 1 aliphatic carbocycles. The summed E-state index contributed by atoms with van der Waals surface area (Å²) in [6.45, 7) is 0. The molecule has 0 aliphatic heterocycles. The van der Waals surface area contributed by atoms with Gasteiger partial charge in [0.25, 0.3) is 5.91 Å². The van der Waals surface area contributed by atoms with Gasteiger partial charge in [0.15, 0.2) is 11.4 Å². The van der Waals surface area contributed by atoms with E-state index in [2.05, 4.69) is 4.98 Å². The van der Waals surface area contributed by atoms with Crippen molar-refractivity contribution >= 4 is 11.7 Å². The lowest BCUT2D eigenvalue weighted by molar-refractivity contribution is 0.0991. The van der Waals surface area contributed by atoms with Crippen LogP contribution < -0.4 is 16.2 Å². The Labute approximate surface area is 81.1 Å². The number of anilines is 1. The molecule has 1 saturated carbocycles. The van der Waals surface area contributed by atoms with Crippen LogP contribution in [0.1, 0.15) is 23.3 Å². The zero-order valence-electron chi connectivity index (χ0n) is 7.56. The zero-order chi connectivity index (χ0) is 10.1. The van der Waals surface area contributed by atoms with Crippen molar-refractivity contribution in [3.63, 3.8) is 0 Å². The molecule has 0 spiro atoms. The molecule has 2 rings (SSSR count). The molecule has 4 N–H and O–H groups in total. The van der Waals surface area contributed by atoms with Gasteiger partial charge in [0, 0.05) is 0 Å². The van der Waals surface area contributed by atoms with Crippen LogP contribution in [0.2, 0.25) is 0 Å². The summed E-state index contributed by atoms with van der Waals surface area (Å²) >= 11 is 0. The maximum Gasteiger partial charge on any atom is 0.271 e. The van der Waals surface area contributed by atoms with Crippen molar-refractivity contribution in [2.45, 2.75) is 18.9 Å². The number of carbonyl (C=O) groups is 1. The number of aromatic nitrogens is 1. The third-order valence-corrected chi connectivity index (χ3v) is 1.93. The number of hydrogen-bond donors (Lipinski definition) is 2. The van der Waals surface area contributed by atoms with Crippen LogP contribution in [0.25, 0.3) is 0 Å². The number of carbonyl (C=O) groups excluding carboxylic acids is 1. The number of ether oxygens (including phenoxy) is 1. The molecule has 0 saturated heterocycles. The van der Waals surface area contributed by atoms with Gasteiger partial charge >= 0.3 is 0 Å². The Bertz CT molecular complexity index is 374. The van der Waals surface area contributed by atoms with Crippen LogP contribution in [0.15, 0.2) is 12.1 Å². The van der Waals surface area contributed by atoms with Crippen LogP contribution in [-0.4, -0.2) is 17.0 Å². The number of rotatable bonds is 3. The van der Waals surface area contributed by atoms with Crippen molar-refractivity contribution in [3.8, 4) is 5.75 Å². The first-order valence-corrected chi connectivity index (χ1v) is 4.40. The summed E-state index contributed by atoms with van der Waals surface area (Å²) < 4.78 is 5.45. The molecule has 5 nitrogen and oxygen atoms in total. The Morgan fingerprint density at radius 2 is 2.21 bits per heavy atom. The fourth-order valence-corrected chi connectivity index (χ4v) is 1.10. The molecule has 1 heterocycles. The SMILES string of the molecule is NC(=O)c1nc(N)ccc1OC1CC1. The molecular weight excluding hydrogens is 182 g/mol. The predicted octanol–water partition coefficient (Wildman–Crippen LogP) is 0.304.